The number of nitro benzene ring substituents is 1. The molecule has 0 amide bonds. The van der Waals surface area contributed by atoms with Crippen molar-refractivity contribution in [1.29, 1.82) is 0 Å². The van der Waals surface area contributed by atoms with Gasteiger partial charge in [-0.25, -0.2) is 8.42 Å². The molecule has 3 aromatic rings. The van der Waals surface area contributed by atoms with E-state index >= 15 is 0 Å². The van der Waals surface area contributed by atoms with Gasteiger partial charge in [0.1, 0.15) is 5.75 Å². The van der Waals surface area contributed by atoms with Crippen molar-refractivity contribution < 1.29 is 26.3 Å². The molecular weight excluding hydrogens is 466 g/mol. The quantitative estimate of drug-likeness (QED) is 0.255. The molecule has 1 N–H and O–H groups in total. The van der Waals surface area contributed by atoms with E-state index in [4.69, 9.17) is 4.55 Å². The maximum absolute atomic E-state index is 12.1. The smallest absolute Gasteiger partial charge is 0.282 e. The van der Waals surface area contributed by atoms with E-state index in [-0.39, 0.29) is 21.2 Å². The first-order valence-electron chi connectivity index (χ1n) is 9.45. The number of hydrogen-bond acceptors (Lipinski definition) is 6. The van der Waals surface area contributed by atoms with Crippen LogP contribution in [0.2, 0.25) is 0 Å². The van der Waals surface area contributed by atoms with Gasteiger partial charge in [0.25, 0.3) is 15.8 Å². The molecule has 0 saturated heterocycles. The van der Waals surface area contributed by atoms with Crippen LogP contribution < -0.4 is 0 Å². The first-order chi connectivity index (χ1) is 15.4. The van der Waals surface area contributed by atoms with Gasteiger partial charge in [0.15, 0.2) is 9.84 Å². The third-order valence-corrected chi connectivity index (χ3v) is 6.65. The largest absolute Gasteiger partial charge is 0.294 e. The lowest BCUT2D eigenvalue weighted by molar-refractivity contribution is -0.384. The molecule has 0 fully saturated rings. The van der Waals surface area contributed by atoms with Gasteiger partial charge in [0.2, 0.25) is 0 Å². The molecule has 0 radical (unpaired) electrons. The number of non-ortho nitro benzene ring substituents is 1. The number of sulfone groups is 1. The van der Waals surface area contributed by atoms with Crippen LogP contribution in [-0.2, 0) is 20.0 Å². The molecular formula is C23H21NO7S2. The van der Waals surface area contributed by atoms with Crippen LogP contribution in [0.4, 0.5) is 5.69 Å². The minimum atomic E-state index is -4.02. The average molecular weight is 488 g/mol. The molecule has 172 valence electrons. The number of hydrogen-bond donors (Lipinski definition) is 1. The second kappa shape index (κ2) is 10.9. The van der Waals surface area contributed by atoms with Crippen LogP contribution in [0.15, 0.2) is 82.6 Å². The number of aryl methyl sites for hydroxylation is 2. The molecule has 0 aromatic heterocycles. The Morgan fingerprint density at radius 3 is 1.67 bits per heavy atom. The predicted molar refractivity (Wildman–Crippen MR) is 124 cm³/mol. The van der Waals surface area contributed by atoms with Gasteiger partial charge in [-0.15, -0.1) is 0 Å². The maximum atomic E-state index is 12.1. The van der Waals surface area contributed by atoms with E-state index in [1.165, 1.54) is 36.4 Å². The second-order valence-corrected chi connectivity index (χ2v) is 10.4. The highest BCUT2D eigenvalue weighted by molar-refractivity contribution is 7.91. The van der Waals surface area contributed by atoms with Gasteiger partial charge < -0.3 is 0 Å². The molecule has 0 aliphatic heterocycles. The third-order valence-electron chi connectivity index (χ3n) is 4.27. The molecule has 3 aromatic carbocycles. The van der Waals surface area contributed by atoms with Gasteiger partial charge in [-0.2, -0.15) is 8.42 Å². The van der Waals surface area contributed by atoms with Crippen LogP contribution in [0.3, 0.4) is 0 Å². The van der Waals surface area contributed by atoms with E-state index in [0.29, 0.717) is 5.56 Å². The zero-order valence-corrected chi connectivity index (χ0v) is 19.4. The second-order valence-electron chi connectivity index (χ2n) is 6.97. The standard InChI is InChI=1S/C16H13NO4S.C7H8O3S/c1-13-4-10-16(11-5-13)22(20,21)12-2-3-14-6-8-15(9-7-14)17(18)19;1-6-2-4-7(5-3-6)11(8,9)10/h4-11H,12H2,1H3;2-5H,1H3,(H,8,9,10). The Morgan fingerprint density at radius 1 is 0.788 bits per heavy atom. The normalized spacial score (nSPS) is 10.9. The summed E-state index contributed by atoms with van der Waals surface area (Å²) in [7, 11) is -7.47. The van der Waals surface area contributed by atoms with Crippen LogP contribution in [0.1, 0.15) is 16.7 Å². The van der Waals surface area contributed by atoms with Crippen molar-refractivity contribution in [3.63, 3.8) is 0 Å². The average Bonchev–Trinajstić information content (AvgIpc) is 2.74. The highest BCUT2D eigenvalue weighted by atomic mass is 32.2. The molecule has 0 aliphatic rings. The molecule has 0 saturated carbocycles. The predicted octanol–water partition coefficient (Wildman–Crippen LogP) is 3.97. The fourth-order valence-corrected chi connectivity index (χ4v) is 3.90. The SMILES string of the molecule is Cc1ccc(S(=O)(=O)CC#Cc2ccc([N+](=O)[O-])cc2)cc1.Cc1ccc(S(=O)(=O)O)cc1. The summed E-state index contributed by atoms with van der Waals surface area (Å²) < 4.78 is 53.7. The fraction of sp³-hybridized carbons (Fsp3) is 0.130. The Balaban J connectivity index is 0.000000294. The monoisotopic (exact) mass is 487 g/mol. The van der Waals surface area contributed by atoms with Crippen LogP contribution >= 0.6 is 0 Å². The van der Waals surface area contributed by atoms with E-state index in [1.54, 1.807) is 36.4 Å². The lowest BCUT2D eigenvalue weighted by Crippen LogP contribution is -2.04. The minimum Gasteiger partial charge on any atom is -0.282 e. The third kappa shape index (κ3) is 8.16. The van der Waals surface area contributed by atoms with Crippen molar-refractivity contribution in [2.75, 3.05) is 5.75 Å². The molecule has 0 spiro atoms. The van der Waals surface area contributed by atoms with Gasteiger partial charge in [-0.3, -0.25) is 14.7 Å². The maximum Gasteiger partial charge on any atom is 0.294 e. The molecule has 10 heteroatoms. The summed E-state index contributed by atoms with van der Waals surface area (Å²) >= 11 is 0. The van der Waals surface area contributed by atoms with E-state index in [2.05, 4.69) is 11.8 Å². The molecule has 0 aliphatic carbocycles. The van der Waals surface area contributed by atoms with E-state index in [9.17, 15) is 26.9 Å². The van der Waals surface area contributed by atoms with Crippen LogP contribution in [-0.4, -0.2) is 32.1 Å². The summed E-state index contributed by atoms with van der Waals surface area (Å²) in [6.07, 6.45) is 0. The molecule has 8 nitrogen and oxygen atoms in total. The number of rotatable bonds is 4. The topological polar surface area (TPSA) is 132 Å². The molecule has 0 bridgehead atoms. The summed E-state index contributed by atoms with van der Waals surface area (Å²) in [6.45, 7) is 3.72. The van der Waals surface area contributed by atoms with Gasteiger partial charge in [-0.05, 0) is 50.2 Å². The molecule has 0 heterocycles. The van der Waals surface area contributed by atoms with Gasteiger partial charge in [0.05, 0.1) is 14.7 Å². The van der Waals surface area contributed by atoms with Crippen molar-refractivity contribution in [2.24, 2.45) is 0 Å². The molecule has 0 atom stereocenters. The van der Waals surface area contributed by atoms with Gasteiger partial charge in [-0.1, -0.05) is 47.2 Å². The lowest BCUT2D eigenvalue weighted by Gasteiger charge is -2.00. The Morgan fingerprint density at radius 2 is 1.24 bits per heavy atom. The highest BCUT2D eigenvalue weighted by Crippen LogP contribution is 2.13. The van der Waals surface area contributed by atoms with Crippen molar-refractivity contribution in [3.8, 4) is 11.8 Å². The van der Waals surface area contributed by atoms with Crippen LogP contribution in [0, 0.1) is 35.8 Å². The first-order valence-corrected chi connectivity index (χ1v) is 12.5. The fourth-order valence-electron chi connectivity index (χ4n) is 2.44. The molecule has 3 rings (SSSR count). The molecule has 0 unspecified atom stereocenters. The van der Waals surface area contributed by atoms with E-state index in [0.717, 1.165) is 11.1 Å². The van der Waals surface area contributed by atoms with Crippen molar-refractivity contribution in [3.05, 3.63) is 99.6 Å². The minimum absolute atomic E-state index is 0.0298. The zero-order chi connectivity index (χ0) is 24.6. The number of benzene rings is 3. The summed E-state index contributed by atoms with van der Waals surface area (Å²) in [5, 5.41) is 10.5. The van der Waals surface area contributed by atoms with Crippen LogP contribution in [0.25, 0.3) is 0 Å². The Labute approximate surface area is 192 Å². The van der Waals surface area contributed by atoms with E-state index < -0.39 is 24.9 Å². The summed E-state index contributed by atoms with van der Waals surface area (Å²) in [5.74, 6) is 4.99. The van der Waals surface area contributed by atoms with Crippen molar-refractivity contribution in [1.82, 2.24) is 0 Å². The summed E-state index contributed by atoms with van der Waals surface area (Å²) in [4.78, 5) is 10.2. The van der Waals surface area contributed by atoms with Crippen molar-refractivity contribution >= 4 is 25.6 Å². The highest BCUT2D eigenvalue weighted by Gasteiger charge is 2.12. The number of nitrogens with zero attached hydrogens (tertiary/aromatic N) is 1. The zero-order valence-electron chi connectivity index (χ0n) is 17.8. The lowest BCUT2D eigenvalue weighted by atomic mass is 10.2. The molecule has 33 heavy (non-hydrogen) atoms. The van der Waals surface area contributed by atoms with Gasteiger partial charge >= 0.3 is 0 Å². The Kier molecular flexibility index (Phi) is 8.48. The number of nitro groups is 1. The Bertz CT molecular complexity index is 1380. The van der Waals surface area contributed by atoms with E-state index in [1.807, 2.05) is 13.8 Å². The first kappa shape index (κ1) is 25.7. The summed E-state index contributed by atoms with van der Waals surface area (Å²) in [6, 6.07) is 18.2. The van der Waals surface area contributed by atoms with Crippen LogP contribution in [0.5, 0.6) is 0 Å². The summed E-state index contributed by atoms with van der Waals surface area (Å²) in [5.41, 5.74) is 2.44. The van der Waals surface area contributed by atoms with Gasteiger partial charge in [0, 0.05) is 17.7 Å². The Hall–Kier alpha value is -3.52. The van der Waals surface area contributed by atoms with Crippen molar-refractivity contribution in [2.45, 2.75) is 23.6 Å².